The molecule has 2 rings (SSSR count). The lowest BCUT2D eigenvalue weighted by Crippen LogP contribution is -2.41. The summed E-state index contributed by atoms with van der Waals surface area (Å²) in [4.78, 5) is 47.6. The Labute approximate surface area is 159 Å². The van der Waals surface area contributed by atoms with Gasteiger partial charge in [0.2, 0.25) is 5.91 Å². The van der Waals surface area contributed by atoms with Gasteiger partial charge in [-0.3, -0.25) is 19.2 Å². The first-order valence-electron chi connectivity index (χ1n) is 8.01. The standard InChI is InChI=1S/C18H19N3O5S/c1-11(20-18(25)14-4-3-9-27-14)16(23)21-13-7-5-12(6-8-13)17(24)19-10-15(22)26-2/h3-9,11H,10H2,1-2H3,(H,19,24)(H,20,25)(H,21,23). The van der Waals surface area contributed by atoms with Crippen LogP contribution in [-0.2, 0) is 14.3 Å². The minimum absolute atomic E-state index is 0.227. The van der Waals surface area contributed by atoms with Crippen molar-refractivity contribution in [2.75, 3.05) is 19.0 Å². The molecule has 2 aromatic rings. The van der Waals surface area contributed by atoms with Crippen molar-refractivity contribution in [2.45, 2.75) is 13.0 Å². The molecule has 3 N–H and O–H groups in total. The van der Waals surface area contributed by atoms with Crippen molar-refractivity contribution in [2.24, 2.45) is 0 Å². The zero-order valence-electron chi connectivity index (χ0n) is 14.8. The summed E-state index contributed by atoms with van der Waals surface area (Å²) in [6, 6.07) is 8.83. The maximum absolute atomic E-state index is 12.2. The number of nitrogens with one attached hydrogen (secondary N) is 3. The fraction of sp³-hybridized carbons (Fsp3) is 0.222. The van der Waals surface area contributed by atoms with Gasteiger partial charge in [0.1, 0.15) is 12.6 Å². The summed E-state index contributed by atoms with van der Waals surface area (Å²) < 4.78 is 4.44. The van der Waals surface area contributed by atoms with Gasteiger partial charge in [-0.25, -0.2) is 0 Å². The molecule has 1 atom stereocenters. The molecule has 0 fully saturated rings. The number of hydrogen-bond acceptors (Lipinski definition) is 6. The molecule has 0 radical (unpaired) electrons. The molecule has 3 amide bonds. The first-order chi connectivity index (χ1) is 12.9. The number of anilines is 1. The Morgan fingerprint density at radius 3 is 2.37 bits per heavy atom. The third kappa shape index (κ3) is 5.93. The Balaban J connectivity index is 1.87. The Morgan fingerprint density at radius 1 is 1.07 bits per heavy atom. The van der Waals surface area contributed by atoms with Gasteiger partial charge in [-0.2, -0.15) is 0 Å². The lowest BCUT2D eigenvalue weighted by atomic mass is 10.2. The number of esters is 1. The molecule has 8 nitrogen and oxygen atoms in total. The number of benzene rings is 1. The zero-order chi connectivity index (χ0) is 19.8. The van der Waals surface area contributed by atoms with Crippen molar-refractivity contribution in [1.82, 2.24) is 10.6 Å². The lowest BCUT2D eigenvalue weighted by Gasteiger charge is -2.14. The number of hydrogen-bond donors (Lipinski definition) is 3. The SMILES string of the molecule is COC(=O)CNC(=O)c1ccc(NC(=O)C(C)NC(=O)c2cccs2)cc1. The van der Waals surface area contributed by atoms with Crippen molar-refractivity contribution >= 4 is 40.7 Å². The Kier molecular flexibility index (Phi) is 7.07. The number of ether oxygens (including phenoxy) is 1. The van der Waals surface area contributed by atoms with E-state index in [9.17, 15) is 19.2 Å². The summed E-state index contributed by atoms with van der Waals surface area (Å²) in [6.45, 7) is 1.35. The third-order valence-corrected chi connectivity index (χ3v) is 4.39. The molecular formula is C18H19N3O5S. The van der Waals surface area contributed by atoms with E-state index in [-0.39, 0.29) is 18.4 Å². The number of carbonyl (C=O) groups is 4. The lowest BCUT2D eigenvalue weighted by molar-refractivity contribution is -0.139. The molecule has 1 heterocycles. The van der Waals surface area contributed by atoms with Crippen LogP contribution in [0.5, 0.6) is 0 Å². The van der Waals surface area contributed by atoms with Crippen molar-refractivity contribution in [3.8, 4) is 0 Å². The monoisotopic (exact) mass is 389 g/mol. The summed E-state index contributed by atoms with van der Waals surface area (Å²) in [5.41, 5.74) is 0.803. The summed E-state index contributed by atoms with van der Waals surface area (Å²) >= 11 is 1.29. The van der Waals surface area contributed by atoms with Crippen LogP contribution in [0, 0.1) is 0 Å². The molecule has 1 aromatic carbocycles. The molecule has 1 aromatic heterocycles. The first kappa shape index (κ1) is 20.1. The summed E-state index contributed by atoms with van der Waals surface area (Å²) in [6.07, 6.45) is 0. The number of thiophene rings is 1. The Bertz CT molecular complexity index is 818. The number of methoxy groups -OCH3 is 1. The highest BCUT2D eigenvalue weighted by Crippen LogP contribution is 2.11. The van der Waals surface area contributed by atoms with Gasteiger partial charge < -0.3 is 20.7 Å². The average molecular weight is 389 g/mol. The number of carbonyl (C=O) groups excluding carboxylic acids is 4. The largest absolute Gasteiger partial charge is 0.468 e. The second-order valence-electron chi connectivity index (χ2n) is 5.50. The van der Waals surface area contributed by atoms with Crippen molar-refractivity contribution in [1.29, 1.82) is 0 Å². The Hall–Kier alpha value is -3.20. The van der Waals surface area contributed by atoms with E-state index in [2.05, 4.69) is 20.7 Å². The van der Waals surface area contributed by atoms with E-state index >= 15 is 0 Å². The molecule has 0 saturated carbocycles. The molecule has 0 saturated heterocycles. The second-order valence-corrected chi connectivity index (χ2v) is 6.45. The van der Waals surface area contributed by atoms with Crippen LogP contribution in [0.3, 0.4) is 0 Å². The van der Waals surface area contributed by atoms with E-state index in [0.717, 1.165) is 0 Å². The van der Waals surface area contributed by atoms with Crippen molar-refractivity contribution < 1.29 is 23.9 Å². The van der Waals surface area contributed by atoms with Gasteiger partial charge in [-0.15, -0.1) is 11.3 Å². The Morgan fingerprint density at radius 2 is 1.78 bits per heavy atom. The normalized spacial score (nSPS) is 11.2. The maximum atomic E-state index is 12.2. The summed E-state index contributed by atoms with van der Waals surface area (Å²) in [7, 11) is 1.23. The van der Waals surface area contributed by atoms with Gasteiger partial charge >= 0.3 is 5.97 Å². The van der Waals surface area contributed by atoms with Crippen LogP contribution >= 0.6 is 11.3 Å². The van der Waals surface area contributed by atoms with Gasteiger partial charge in [0.15, 0.2) is 0 Å². The van der Waals surface area contributed by atoms with Crippen LogP contribution in [0.25, 0.3) is 0 Å². The minimum atomic E-state index is -0.734. The molecule has 0 aliphatic carbocycles. The fourth-order valence-corrected chi connectivity index (χ4v) is 2.65. The number of rotatable bonds is 7. The molecule has 27 heavy (non-hydrogen) atoms. The smallest absolute Gasteiger partial charge is 0.325 e. The molecule has 9 heteroatoms. The molecular weight excluding hydrogens is 370 g/mol. The highest BCUT2D eigenvalue weighted by Gasteiger charge is 2.17. The van der Waals surface area contributed by atoms with Crippen molar-refractivity contribution in [3.05, 3.63) is 52.2 Å². The number of amides is 3. The maximum Gasteiger partial charge on any atom is 0.325 e. The zero-order valence-corrected chi connectivity index (χ0v) is 15.6. The molecule has 0 aliphatic heterocycles. The van der Waals surface area contributed by atoms with E-state index in [4.69, 9.17) is 0 Å². The van der Waals surface area contributed by atoms with Gasteiger partial charge in [0.25, 0.3) is 11.8 Å². The molecule has 142 valence electrons. The van der Waals surface area contributed by atoms with Crippen LogP contribution in [0.4, 0.5) is 5.69 Å². The van der Waals surface area contributed by atoms with E-state index in [1.807, 2.05) is 0 Å². The molecule has 0 bridgehead atoms. The average Bonchev–Trinajstić information content (AvgIpc) is 3.21. The third-order valence-electron chi connectivity index (χ3n) is 3.52. The molecule has 0 aliphatic rings. The van der Waals surface area contributed by atoms with Gasteiger partial charge in [-0.05, 0) is 42.6 Å². The van der Waals surface area contributed by atoms with E-state index < -0.39 is 17.9 Å². The summed E-state index contributed by atoms with van der Waals surface area (Å²) in [5.74, 6) is -1.69. The minimum Gasteiger partial charge on any atom is -0.468 e. The van der Waals surface area contributed by atoms with Crippen LogP contribution < -0.4 is 16.0 Å². The predicted octanol–water partition coefficient (Wildman–Crippen LogP) is 1.41. The van der Waals surface area contributed by atoms with Gasteiger partial charge in [-0.1, -0.05) is 6.07 Å². The second kappa shape index (κ2) is 9.48. The topological polar surface area (TPSA) is 114 Å². The van der Waals surface area contributed by atoms with E-state index in [0.29, 0.717) is 16.1 Å². The molecule has 0 spiro atoms. The van der Waals surface area contributed by atoms with Crippen molar-refractivity contribution in [3.63, 3.8) is 0 Å². The summed E-state index contributed by atoms with van der Waals surface area (Å²) in [5, 5.41) is 9.47. The van der Waals surface area contributed by atoms with Crippen LogP contribution in [0.2, 0.25) is 0 Å². The van der Waals surface area contributed by atoms with Crippen LogP contribution in [0.1, 0.15) is 27.0 Å². The highest BCUT2D eigenvalue weighted by molar-refractivity contribution is 7.12. The first-order valence-corrected chi connectivity index (χ1v) is 8.89. The predicted molar refractivity (Wildman–Crippen MR) is 101 cm³/mol. The van der Waals surface area contributed by atoms with Crippen LogP contribution in [-0.4, -0.2) is 43.4 Å². The van der Waals surface area contributed by atoms with E-state index in [1.54, 1.807) is 36.6 Å². The van der Waals surface area contributed by atoms with Crippen LogP contribution in [0.15, 0.2) is 41.8 Å². The molecule has 1 unspecified atom stereocenters. The quantitative estimate of drug-likeness (QED) is 0.620. The fourth-order valence-electron chi connectivity index (χ4n) is 2.02. The van der Waals surface area contributed by atoms with E-state index in [1.165, 1.54) is 30.6 Å². The van der Waals surface area contributed by atoms with Gasteiger partial charge in [0.05, 0.1) is 12.0 Å². The highest BCUT2D eigenvalue weighted by atomic mass is 32.1. The van der Waals surface area contributed by atoms with Gasteiger partial charge in [0, 0.05) is 11.3 Å².